The van der Waals surface area contributed by atoms with Gasteiger partial charge >= 0.3 is 0 Å². The van der Waals surface area contributed by atoms with E-state index < -0.39 is 0 Å². The molecule has 0 bridgehead atoms. The lowest BCUT2D eigenvalue weighted by atomic mass is 10.2. The molecule has 0 radical (unpaired) electrons. The van der Waals surface area contributed by atoms with Crippen LogP contribution < -0.4 is 5.32 Å². The summed E-state index contributed by atoms with van der Waals surface area (Å²) in [5.74, 6) is 1.47. The van der Waals surface area contributed by atoms with Gasteiger partial charge < -0.3 is 9.73 Å². The van der Waals surface area contributed by atoms with Crippen molar-refractivity contribution in [1.82, 2.24) is 9.97 Å². The first-order valence-electron chi connectivity index (χ1n) is 6.38. The Morgan fingerprint density at radius 1 is 1.30 bits per heavy atom. The van der Waals surface area contributed by atoms with Crippen molar-refractivity contribution in [3.05, 3.63) is 52.3 Å². The number of nitrogens with zero attached hydrogens (tertiary/aromatic N) is 2. The van der Waals surface area contributed by atoms with Gasteiger partial charge in [0, 0.05) is 22.3 Å². The predicted molar refractivity (Wildman–Crippen MR) is 80.9 cm³/mol. The minimum absolute atomic E-state index is 0.649. The van der Waals surface area contributed by atoms with Gasteiger partial charge in [0.2, 0.25) is 5.89 Å². The van der Waals surface area contributed by atoms with Crippen LogP contribution in [-0.4, -0.2) is 9.97 Å². The molecule has 3 rings (SSSR count). The maximum atomic E-state index is 5.54. The monoisotopic (exact) mass is 285 g/mol. The third-order valence-electron chi connectivity index (χ3n) is 2.84. The molecule has 0 fully saturated rings. The second-order valence-corrected chi connectivity index (χ2v) is 5.54. The second-order valence-electron chi connectivity index (χ2n) is 4.59. The van der Waals surface area contributed by atoms with Gasteiger partial charge in [0.15, 0.2) is 0 Å². The molecule has 20 heavy (non-hydrogen) atoms. The van der Waals surface area contributed by atoms with Crippen LogP contribution in [0.1, 0.15) is 16.5 Å². The molecule has 102 valence electrons. The summed E-state index contributed by atoms with van der Waals surface area (Å²) >= 11 is 1.67. The Balaban J connectivity index is 1.74. The van der Waals surface area contributed by atoms with E-state index in [0.29, 0.717) is 5.89 Å². The highest BCUT2D eigenvalue weighted by Gasteiger charge is 2.05. The number of rotatable bonds is 4. The maximum Gasteiger partial charge on any atom is 0.226 e. The first-order valence-corrected chi connectivity index (χ1v) is 7.26. The Morgan fingerprint density at radius 3 is 2.90 bits per heavy atom. The Kier molecular flexibility index (Phi) is 3.52. The van der Waals surface area contributed by atoms with E-state index in [2.05, 4.69) is 20.7 Å². The van der Waals surface area contributed by atoms with E-state index in [-0.39, 0.29) is 0 Å². The molecular weight excluding hydrogens is 270 g/mol. The van der Waals surface area contributed by atoms with Crippen LogP contribution in [0.25, 0.3) is 11.5 Å². The van der Waals surface area contributed by atoms with Crippen molar-refractivity contribution in [3.8, 4) is 11.5 Å². The van der Waals surface area contributed by atoms with Crippen molar-refractivity contribution in [2.75, 3.05) is 5.32 Å². The number of hydrogen-bond donors (Lipinski definition) is 1. The molecule has 0 aliphatic heterocycles. The minimum atomic E-state index is 0.649. The molecule has 2 heterocycles. The molecule has 0 aliphatic carbocycles. The maximum absolute atomic E-state index is 5.54. The zero-order chi connectivity index (χ0) is 13.9. The summed E-state index contributed by atoms with van der Waals surface area (Å²) in [5.41, 5.74) is 3.07. The van der Waals surface area contributed by atoms with Crippen LogP contribution >= 0.6 is 11.3 Å². The number of benzene rings is 1. The number of nitrogens with one attached hydrogen (secondary N) is 1. The predicted octanol–water partition coefficient (Wildman–Crippen LogP) is 4.03. The number of anilines is 1. The second kappa shape index (κ2) is 5.46. The third-order valence-corrected chi connectivity index (χ3v) is 3.81. The van der Waals surface area contributed by atoms with Crippen LogP contribution in [0.2, 0.25) is 0 Å². The fourth-order valence-corrected chi connectivity index (χ4v) is 2.62. The first kappa shape index (κ1) is 12.9. The molecule has 3 aromatic rings. The van der Waals surface area contributed by atoms with Crippen LogP contribution in [0.4, 0.5) is 5.69 Å². The van der Waals surface area contributed by atoms with Gasteiger partial charge in [-0.25, -0.2) is 9.97 Å². The standard InChI is InChI=1S/C15H15N3OS/c1-10-9-20-14(18-10)8-16-13-5-3-4-12(6-13)15-17-7-11(2)19-15/h3-7,9,16H,8H2,1-2H3. The molecule has 0 amide bonds. The number of aryl methyl sites for hydroxylation is 2. The lowest BCUT2D eigenvalue weighted by Crippen LogP contribution is -1.99. The van der Waals surface area contributed by atoms with Crippen molar-refractivity contribution in [2.45, 2.75) is 20.4 Å². The Labute approximate surface area is 121 Å². The van der Waals surface area contributed by atoms with E-state index in [9.17, 15) is 0 Å². The normalized spacial score (nSPS) is 10.7. The van der Waals surface area contributed by atoms with E-state index in [4.69, 9.17) is 4.42 Å². The average Bonchev–Trinajstić information content (AvgIpc) is 3.06. The zero-order valence-corrected chi connectivity index (χ0v) is 12.2. The van der Waals surface area contributed by atoms with Crippen molar-refractivity contribution in [3.63, 3.8) is 0 Å². The number of hydrogen-bond acceptors (Lipinski definition) is 5. The molecule has 0 atom stereocenters. The molecule has 0 saturated carbocycles. The topological polar surface area (TPSA) is 51.0 Å². The number of aromatic nitrogens is 2. The Bertz CT molecular complexity index is 717. The molecular formula is C15H15N3OS. The summed E-state index contributed by atoms with van der Waals surface area (Å²) in [6, 6.07) is 8.04. The lowest BCUT2D eigenvalue weighted by molar-refractivity contribution is 0.542. The first-order chi connectivity index (χ1) is 9.70. The van der Waals surface area contributed by atoms with E-state index in [1.165, 1.54) is 0 Å². The fourth-order valence-electron chi connectivity index (χ4n) is 1.91. The summed E-state index contributed by atoms with van der Waals surface area (Å²) in [5, 5.41) is 6.51. The van der Waals surface area contributed by atoms with Gasteiger partial charge in [-0.3, -0.25) is 0 Å². The van der Waals surface area contributed by atoms with E-state index in [1.54, 1.807) is 17.5 Å². The summed E-state index contributed by atoms with van der Waals surface area (Å²) in [6.07, 6.45) is 1.73. The molecule has 0 aliphatic rings. The van der Waals surface area contributed by atoms with Gasteiger partial charge in [0.25, 0.3) is 0 Å². The molecule has 4 nitrogen and oxygen atoms in total. The fraction of sp³-hybridized carbons (Fsp3) is 0.200. The van der Waals surface area contributed by atoms with Crippen LogP contribution in [-0.2, 0) is 6.54 Å². The molecule has 0 saturated heterocycles. The largest absolute Gasteiger partial charge is 0.441 e. The van der Waals surface area contributed by atoms with Crippen molar-refractivity contribution < 1.29 is 4.42 Å². The van der Waals surface area contributed by atoms with E-state index in [1.807, 2.05) is 38.1 Å². The number of thiazole rings is 1. The summed E-state index contributed by atoms with van der Waals surface area (Å²) in [6.45, 7) is 4.63. The molecule has 5 heteroatoms. The van der Waals surface area contributed by atoms with Crippen LogP contribution in [0.3, 0.4) is 0 Å². The minimum Gasteiger partial charge on any atom is -0.441 e. The Hall–Kier alpha value is -2.14. The van der Waals surface area contributed by atoms with Crippen molar-refractivity contribution in [1.29, 1.82) is 0 Å². The SMILES string of the molecule is Cc1csc(CNc2cccc(-c3ncc(C)o3)c2)n1. The van der Waals surface area contributed by atoms with E-state index in [0.717, 1.165) is 34.3 Å². The van der Waals surface area contributed by atoms with Gasteiger partial charge in [0.05, 0.1) is 12.7 Å². The third kappa shape index (κ3) is 2.88. The summed E-state index contributed by atoms with van der Waals surface area (Å²) in [4.78, 5) is 8.68. The Morgan fingerprint density at radius 2 is 2.20 bits per heavy atom. The smallest absolute Gasteiger partial charge is 0.226 e. The lowest BCUT2D eigenvalue weighted by Gasteiger charge is -2.05. The van der Waals surface area contributed by atoms with Gasteiger partial charge in [-0.2, -0.15) is 0 Å². The quantitative estimate of drug-likeness (QED) is 0.786. The molecule has 1 N–H and O–H groups in total. The highest BCUT2D eigenvalue weighted by atomic mass is 32.1. The van der Waals surface area contributed by atoms with Crippen LogP contribution in [0.15, 0.2) is 40.3 Å². The van der Waals surface area contributed by atoms with E-state index >= 15 is 0 Å². The van der Waals surface area contributed by atoms with Gasteiger partial charge in [-0.15, -0.1) is 11.3 Å². The highest BCUT2D eigenvalue weighted by molar-refractivity contribution is 7.09. The summed E-state index contributed by atoms with van der Waals surface area (Å²) < 4.78 is 5.54. The van der Waals surface area contributed by atoms with Crippen LogP contribution in [0, 0.1) is 13.8 Å². The molecule has 1 aromatic carbocycles. The summed E-state index contributed by atoms with van der Waals surface area (Å²) in [7, 11) is 0. The van der Waals surface area contributed by atoms with Crippen LogP contribution in [0.5, 0.6) is 0 Å². The van der Waals surface area contributed by atoms with Gasteiger partial charge in [-0.05, 0) is 32.0 Å². The van der Waals surface area contributed by atoms with Crippen molar-refractivity contribution >= 4 is 17.0 Å². The number of oxazole rings is 1. The molecule has 0 unspecified atom stereocenters. The van der Waals surface area contributed by atoms with Gasteiger partial charge in [-0.1, -0.05) is 6.07 Å². The van der Waals surface area contributed by atoms with Crippen molar-refractivity contribution in [2.24, 2.45) is 0 Å². The highest BCUT2D eigenvalue weighted by Crippen LogP contribution is 2.22. The van der Waals surface area contributed by atoms with Gasteiger partial charge in [0.1, 0.15) is 10.8 Å². The average molecular weight is 285 g/mol. The molecule has 2 aromatic heterocycles. The zero-order valence-electron chi connectivity index (χ0n) is 11.4. The molecule has 0 spiro atoms.